The van der Waals surface area contributed by atoms with Gasteiger partial charge in [0.2, 0.25) is 0 Å². The number of carbonyl (C=O) groups excluding carboxylic acids is 2. The molecule has 0 bridgehead atoms. The molecule has 0 saturated heterocycles. The van der Waals surface area contributed by atoms with Gasteiger partial charge >= 0.3 is 5.97 Å². The van der Waals surface area contributed by atoms with Crippen molar-refractivity contribution in [3.8, 4) is 0 Å². The van der Waals surface area contributed by atoms with Gasteiger partial charge in [0.25, 0.3) is 0 Å². The molecule has 0 radical (unpaired) electrons. The third-order valence-corrected chi connectivity index (χ3v) is 0.348. The van der Waals surface area contributed by atoms with Crippen molar-refractivity contribution in [1.82, 2.24) is 0 Å². The van der Waals surface area contributed by atoms with Crippen LogP contribution in [-0.2, 0) is 14.3 Å². The van der Waals surface area contributed by atoms with Gasteiger partial charge in [0, 0.05) is 13.3 Å². The zero-order valence-corrected chi connectivity index (χ0v) is 9.07. The molecule has 0 aromatic carbocycles. The highest BCUT2D eigenvalue weighted by molar-refractivity contribution is 6.15. The van der Waals surface area contributed by atoms with E-state index < -0.39 is 0 Å². The van der Waals surface area contributed by atoms with Crippen molar-refractivity contribution >= 4 is 23.4 Å². The van der Waals surface area contributed by atoms with E-state index in [4.69, 9.17) is 0 Å². The molecule has 0 heterocycles. The van der Waals surface area contributed by atoms with Gasteiger partial charge in [-0.15, -0.1) is 11.6 Å². The van der Waals surface area contributed by atoms with Gasteiger partial charge in [-0.3, -0.25) is 4.79 Å². The number of rotatable bonds is 1. The maximum atomic E-state index is 9.82. The SMILES string of the molecule is CC(C)=O.CCOC(C)=O.CCl. The molecule has 0 saturated carbocycles. The maximum absolute atomic E-state index is 9.82. The van der Waals surface area contributed by atoms with Crippen LogP contribution in [0.5, 0.6) is 0 Å². The van der Waals surface area contributed by atoms with Gasteiger partial charge < -0.3 is 9.53 Å². The normalized spacial score (nSPS) is 6.50. The molecule has 0 fully saturated rings. The molecule has 0 aliphatic carbocycles. The topological polar surface area (TPSA) is 43.4 Å². The van der Waals surface area contributed by atoms with Crippen molar-refractivity contribution in [3.63, 3.8) is 0 Å². The molecule has 3 nitrogen and oxygen atoms in total. The molecular formula is C8H17ClO3. The van der Waals surface area contributed by atoms with Gasteiger partial charge in [0.15, 0.2) is 0 Å². The van der Waals surface area contributed by atoms with Gasteiger partial charge in [0.1, 0.15) is 5.78 Å². The van der Waals surface area contributed by atoms with Crippen molar-refractivity contribution in [2.24, 2.45) is 0 Å². The summed E-state index contributed by atoms with van der Waals surface area (Å²) in [6, 6.07) is 0. The van der Waals surface area contributed by atoms with E-state index in [1.165, 1.54) is 27.2 Å². The summed E-state index contributed by atoms with van der Waals surface area (Å²) >= 11 is 4.64. The Labute approximate surface area is 79.0 Å². The summed E-state index contributed by atoms with van der Waals surface area (Å²) in [5.41, 5.74) is 0. The van der Waals surface area contributed by atoms with Crippen molar-refractivity contribution in [1.29, 1.82) is 0 Å². The van der Waals surface area contributed by atoms with Crippen LogP contribution in [0.1, 0.15) is 27.7 Å². The number of alkyl halides is 1. The first-order valence-corrected chi connectivity index (χ1v) is 4.24. The maximum Gasteiger partial charge on any atom is 0.302 e. The Morgan fingerprint density at radius 3 is 1.42 bits per heavy atom. The lowest BCUT2D eigenvalue weighted by molar-refractivity contribution is -0.140. The van der Waals surface area contributed by atoms with Gasteiger partial charge in [-0.25, -0.2) is 0 Å². The molecule has 0 rings (SSSR count). The quantitative estimate of drug-likeness (QED) is 0.476. The van der Waals surface area contributed by atoms with Crippen LogP contribution in [-0.4, -0.2) is 24.7 Å². The first kappa shape index (κ1) is 17.5. The fourth-order valence-corrected chi connectivity index (χ4v) is 0.203. The summed E-state index contributed by atoms with van der Waals surface area (Å²) in [6.45, 7) is 6.71. The lowest BCUT2D eigenvalue weighted by Gasteiger charge is -1.89. The summed E-state index contributed by atoms with van der Waals surface area (Å²) in [7, 11) is 0. The molecule has 0 aromatic rings. The zero-order chi connectivity index (χ0) is 10.6. The Morgan fingerprint density at radius 1 is 1.17 bits per heavy atom. The molecule has 12 heavy (non-hydrogen) atoms. The number of Topliss-reactive ketones (excluding diaryl/α,β-unsaturated/α-hetero) is 1. The number of halogens is 1. The second kappa shape index (κ2) is 16.8. The van der Waals surface area contributed by atoms with Crippen molar-refractivity contribution in [2.45, 2.75) is 27.7 Å². The molecule has 74 valence electrons. The van der Waals surface area contributed by atoms with Crippen LogP contribution >= 0.6 is 11.6 Å². The van der Waals surface area contributed by atoms with E-state index in [0.29, 0.717) is 6.61 Å². The van der Waals surface area contributed by atoms with E-state index in [1.54, 1.807) is 6.92 Å². The monoisotopic (exact) mass is 196 g/mol. The van der Waals surface area contributed by atoms with Gasteiger partial charge in [0.05, 0.1) is 6.61 Å². The van der Waals surface area contributed by atoms with E-state index in [9.17, 15) is 9.59 Å². The molecular weight excluding hydrogens is 180 g/mol. The smallest absolute Gasteiger partial charge is 0.302 e. The lowest BCUT2D eigenvalue weighted by atomic mass is 10.6. The van der Waals surface area contributed by atoms with E-state index in [1.807, 2.05) is 0 Å². The van der Waals surface area contributed by atoms with Gasteiger partial charge in [-0.05, 0) is 20.8 Å². The first-order valence-electron chi connectivity index (χ1n) is 3.49. The highest BCUT2D eigenvalue weighted by Gasteiger charge is 1.81. The van der Waals surface area contributed by atoms with Crippen molar-refractivity contribution in [3.05, 3.63) is 0 Å². The molecule has 4 heteroatoms. The predicted molar refractivity (Wildman–Crippen MR) is 50.4 cm³/mol. The van der Waals surface area contributed by atoms with E-state index in [-0.39, 0.29) is 11.8 Å². The standard InChI is InChI=1S/C4H8O2.C3H6O.CH3Cl/c1-3-6-4(2)5;1-3(2)4;1-2/h3H2,1-2H3;1-2H3;1H3. The number of carbonyl (C=O) groups is 2. The van der Waals surface area contributed by atoms with E-state index >= 15 is 0 Å². The Hall–Kier alpha value is -0.570. The minimum absolute atomic E-state index is 0.167. The van der Waals surface area contributed by atoms with Crippen LogP contribution in [0.25, 0.3) is 0 Å². The zero-order valence-electron chi connectivity index (χ0n) is 8.31. The lowest BCUT2D eigenvalue weighted by Crippen LogP contribution is -1.95. The summed E-state index contributed by atoms with van der Waals surface area (Å²) in [5, 5.41) is 0. The Kier molecular flexibility index (Phi) is 24.5. The fraction of sp³-hybridized carbons (Fsp3) is 0.750. The number of ketones is 1. The van der Waals surface area contributed by atoms with E-state index in [0.717, 1.165) is 0 Å². The number of hydrogen-bond acceptors (Lipinski definition) is 3. The molecule has 0 atom stereocenters. The number of ether oxygens (including phenoxy) is 1. The largest absolute Gasteiger partial charge is 0.466 e. The predicted octanol–water partition coefficient (Wildman–Crippen LogP) is 2.02. The molecule has 0 aliphatic rings. The van der Waals surface area contributed by atoms with E-state index in [2.05, 4.69) is 16.3 Å². The first-order chi connectivity index (χ1) is 5.50. The average molecular weight is 197 g/mol. The van der Waals surface area contributed by atoms with Crippen molar-refractivity contribution in [2.75, 3.05) is 13.0 Å². The minimum Gasteiger partial charge on any atom is -0.466 e. The summed E-state index contributed by atoms with van der Waals surface area (Å²) < 4.78 is 4.40. The average Bonchev–Trinajstić information content (AvgIpc) is 1.90. The molecule has 0 aromatic heterocycles. The van der Waals surface area contributed by atoms with Crippen LogP contribution < -0.4 is 0 Å². The van der Waals surface area contributed by atoms with Gasteiger partial charge in [-0.1, -0.05) is 0 Å². The van der Waals surface area contributed by atoms with Crippen LogP contribution in [0, 0.1) is 0 Å². The third-order valence-electron chi connectivity index (χ3n) is 0.348. The Bertz CT molecular complexity index is 109. The molecule has 0 spiro atoms. The number of hydrogen-bond donors (Lipinski definition) is 0. The van der Waals surface area contributed by atoms with Crippen molar-refractivity contribution < 1.29 is 14.3 Å². The highest BCUT2D eigenvalue weighted by atomic mass is 35.5. The second-order valence-corrected chi connectivity index (χ2v) is 1.83. The van der Waals surface area contributed by atoms with Crippen LogP contribution in [0.2, 0.25) is 0 Å². The molecule has 0 unspecified atom stereocenters. The second-order valence-electron chi connectivity index (χ2n) is 1.83. The summed E-state index contributed by atoms with van der Waals surface area (Å²) in [4.78, 5) is 19.3. The summed E-state index contributed by atoms with van der Waals surface area (Å²) in [5.74, 6) is -0.0440. The third kappa shape index (κ3) is 113. The van der Waals surface area contributed by atoms with Crippen LogP contribution in [0.4, 0.5) is 0 Å². The van der Waals surface area contributed by atoms with Crippen LogP contribution in [0.15, 0.2) is 0 Å². The molecule has 0 N–H and O–H groups in total. The highest BCUT2D eigenvalue weighted by Crippen LogP contribution is 1.69. The Balaban J connectivity index is -0.000000118. The Morgan fingerprint density at radius 2 is 1.42 bits per heavy atom. The molecule has 0 amide bonds. The number of esters is 1. The fourth-order valence-electron chi connectivity index (χ4n) is 0.203. The summed E-state index contributed by atoms with van der Waals surface area (Å²) in [6.07, 6.45) is 1.47. The van der Waals surface area contributed by atoms with Crippen LogP contribution in [0.3, 0.4) is 0 Å². The van der Waals surface area contributed by atoms with Gasteiger partial charge in [-0.2, -0.15) is 0 Å². The minimum atomic E-state index is -0.211. The molecule has 0 aliphatic heterocycles.